The van der Waals surface area contributed by atoms with Gasteiger partial charge in [0.2, 0.25) is 0 Å². The lowest BCUT2D eigenvalue weighted by Gasteiger charge is -2.16. The van der Waals surface area contributed by atoms with Gasteiger partial charge in [-0.15, -0.1) is 0 Å². The van der Waals surface area contributed by atoms with E-state index in [-0.39, 0.29) is 0 Å². The zero-order chi connectivity index (χ0) is 15.8. The molecule has 0 aliphatic rings. The van der Waals surface area contributed by atoms with Crippen molar-refractivity contribution < 1.29 is 13.6 Å². The maximum absolute atomic E-state index is 12.2. The summed E-state index contributed by atoms with van der Waals surface area (Å²) in [5, 5.41) is 0. The molecule has 0 N–H and O–H groups in total. The second-order valence-corrected chi connectivity index (χ2v) is 8.06. The largest absolute Gasteiger partial charge is 0.330 e. The van der Waals surface area contributed by atoms with Crippen molar-refractivity contribution in [2.45, 2.75) is 78.1 Å². The van der Waals surface area contributed by atoms with Crippen LogP contribution >= 0.6 is 20.2 Å². The Morgan fingerprint density at radius 1 is 0.714 bits per heavy atom. The van der Waals surface area contributed by atoms with Crippen LogP contribution in [0.25, 0.3) is 0 Å². The van der Waals surface area contributed by atoms with Crippen LogP contribution < -0.4 is 0 Å². The second kappa shape index (κ2) is 15.4. The molecule has 0 atom stereocenters. The van der Waals surface area contributed by atoms with E-state index in [4.69, 9.17) is 9.05 Å². The van der Waals surface area contributed by atoms with Gasteiger partial charge >= 0.3 is 7.60 Å². The van der Waals surface area contributed by atoms with E-state index in [0.717, 1.165) is 18.6 Å². The van der Waals surface area contributed by atoms with Gasteiger partial charge in [-0.05, 0) is 32.4 Å². The van der Waals surface area contributed by atoms with Gasteiger partial charge in [0.1, 0.15) is 0 Å². The highest BCUT2D eigenvalue weighted by Crippen LogP contribution is 2.48. The van der Waals surface area contributed by atoms with Crippen LogP contribution in [0.3, 0.4) is 0 Å². The molecule has 0 bridgehead atoms. The highest BCUT2D eigenvalue weighted by atomic mass is 32.1. The minimum absolute atomic E-state index is 0.463. The lowest BCUT2D eigenvalue weighted by molar-refractivity contribution is 0.219. The molecule has 0 aliphatic carbocycles. The summed E-state index contributed by atoms with van der Waals surface area (Å²) in [5.41, 5.74) is 0. The van der Waals surface area contributed by atoms with Crippen LogP contribution in [0.2, 0.25) is 0 Å². The Labute approximate surface area is 137 Å². The summed E-state index contributed by atoms with van der Waals surface area (Å²) in [6, 6.07) is 0. The van der Waals surface area contributed by atoms with Crippen molar-refractivity contribution in [3.05, 3.63) is 0 Å². The quantitative estimate of drug-likeness (QED) is 0.210. The van der Waals surface area contributed by atoms with Crippen LogP contribution in [0.15, 0.2) is 0 Å². The van der Waals surface area contributed by atoms with Crippen molar-refractivity contribution in [2.24, 2.45) is 0 Å². The Morgan fingerprint density at radius 2 is 1.10 bits per heavy atom. The van der Waals surface area contributed by atoms with Crippen LogP contribution in [0.4, 0.5) is 0 Å². The van der Waals surface area contributed by atoms with Gasteiger partial charge in [0.05, 0.1) is 19.4 Å². The molecule has 0 unspecified atom stereocenters. The average molecular weight is 338 g/mol. The minimum Gasteiger partial charge on any atom is -0.309 e. The Bertz CT molecular complexity index is 252. The summed E-state index contributed by atoms with van der Waals surface area (Å²) in [6.45, 7) is 4.65. The maximum Gasteiger partial charge on any atom is 0.330 e. The molecule has 3 nitrogen and oxygen atoms in total. The van der Waals surface area contributed by atoms with E-state index in [9.17, 15) is 4.57 Å². The van der Waals surface area contributed by atoms with Crippen LogP contribution in [0.1, 0.15) is 78.1 Å². The van der Waals surface area contributed by atoms with Crippen LogP contribution in [-0.4, -0.2) is 25.1 Å². The molecule has 0 aromatic heterocycles. The van der Waals surface area contributed by atoms with E-state index in [1.54, 1.807) is 0 Å². The van der Waals surface area contributed by atoms with E-state index in [1.165, 1.54) is 51.4 Å². The van der Waals surface area contributed by atoms with E-state index < -0.39 is 7.60 Å². The molecule has 0 heterocycles. The highest BCUT2D eigenvalue weighted by Gasteiger charge is 2.22. The topological polar surface area (TPSA) is 35.5 Å². The number of rotatable bonds is 16. The Morgan fingerprint density at radius 3 is 1.48 bits per heavy atom. The SMILES string of the molecule is CCOP(=O)(CCCCCCCCCCCCS)OCC. The van der Waals surface area contributed by atoms with Gasteiger partial charge in [-0.1, -0.05) is 51.4 Å². The van der Waals surface area contributed by atoms with Crippen molar-refractivity contribution in [1.29, 1.82) is 0 Å². The molecule has 0 spiro atoms. The van der Waals surface area contributed by atoms with Crippen molar-refractivity contribution in [3.63, 3.8) is 0 Å². The highest BCUT2D eigenvalue weighted by molar-refractivity contribution is 7.80. The van der Waals surface area contributed by atoms with Crippen LogP contribution in [-0.2, 0) is 13.6 Å². The maximum atomic E-state index is 12.2. The summed E-state index contributed by atoms with van der Waals surface area (Å²) < 4.78 is 22.8. The van der Waals surface area contributed by atoms with Crippen molar-refractivity contribution in [2.75, 3.05) is 25.1 Å². The summed E-state index contributed by atoms with van der Waals surface area (Å²) >= 11 is 4.22. The van der Waals surface area contributed by atoms with Gasteiger partial charge < -0.3 is 9.05 Å². The standard InChI is InChI=1S/C16H35O3PS/c1-3-18-20(17,19-4-2)15-13-11-9-7-5-6-8-10-12-14-16-21/h21H,3-16H2,1-2H3. The van der Waals surface area contributed by atoms with E-state index in [0.29, 0.717) is 19.4 Å². The lowest BCUT2D eigenvalue weighted by atomic mass is 10.1. The fourth-order valence-corrected chi connectivity index (χ4v) is 4.35. The van der Waals surface area contributed by atoms with E-state index >= 15 is 0 Å². The first-order valence-corrected chi connectivity index (χ1v) is 11.0. The summed E-state index contributed by atoms with van der Waals surface area (Å²) in [7, 11) is -2.80. The lowest BCUT2D eigenvalue weighted by Crippen LogP contribution is -2.00. The third-order valence-electron chi connectivity index (χ3n) is 3.49. The molecule has 0 radical (unpaired) electrons. The molecule has 0 aromatic carbocycles. The van der Waals surface area contributed by atoms with Gasteiger partial charge in [0, 0.05) is 0 Å². The van der Waals surface area contributed by atoms with Gasteiger partial charge in [0.25, 0.3) is 0 Å². The smallest absolute Gasteiger partial charge is 0.309 e. The molecule has 21 heavy (non-hydrogen) atoms. The number of hydrogen-bond donors (Lipinski definition) is 1. The van der Waals surface area contributed by atoms with Gasteiger partial charge in [-0.2, -0.15) is 12.6 Å². The molecule has 0 saturated carbocycles. The van der Waals surface area contributed by atoms with Crippen molar-refractivity contribution in [3.8, 4) is 0 Å². The third-order valence-corrected chi connectivity index (χ3v) is 5.98. The van der Waals surface area contributed by atoms with Crippen LogP contribution in [0, 0.1) is 0 Å². The zero-order valence-corrected chi connectivity index (χ0v) is 15.8. The average Bonchev–Trinajstić information content (AvgIpc) is 2.45. The molecule has 5 heteroatoms. The molecule has 0 fully saturated rings. The Balaban J connectivity index is 3.40. The van der Waals surface area contributed by atoms with Gasteiger partial charge in [-0.25, -0.2) is 0 Å². The number of thiol groups is 1. The number of unbranched alkanes of at least 4 members (excludes halogenated alkanes) is 9. The first-order chi connectivity index (χ1) is 10.2. The molecular weight excluding hydrogens is 303 g/mol. The predicted molar refractivity (Wildman–Crippen MR) is 95.7 cm³/mol. The predicted octanol–water partition coefficient (Wildman–Crippen LogP) is 6.08. The monoisotopic (exact) mass is 338 g/mol. The molecule has 0 aliphatic heterocycles. The van der Waals surface area contributed by atoms with Gasteiger partial charge in [0.15, 0.2) is 0 Å². The van der Waals surface area contributed by atoms with E-state index in [2.05, 4.69) is 12.6 Å². The molecule has 0 amide bonds. The third kappa shape index (κ3) is 13.9. The van der Waals surface area contributed by atoms with E-state index in [1.807, 2.05) is 13.8 Å². The first kappa shape index (κ1) is 21.5. The molecule has 0 aromatic rings. The first-order valence-electron chi connectivity index (χ1n) is 8.67. The molecular formula is C16H35O3PS. The summed E-state index contributed by atoms with van der Waals surface area (Å²) in [4.78, 5) is 0. The molecule has 128 valence electrons. The van der Waals surface area contributed by atoms with Crippen molar-refractivity contribution in [1.82, 2.24) is 0 Å². The fraction of sp³-hybridized carbons (Fsp3) is 1.00. The number of hydrogen-bond acceptors (Lipinski definition) is 4. The normalized spacial score (nSPS) is 12.0. The van der Waals surface area contributed by atoms with Crippen LogP contribution in [0.5, 0.6) is 0 Å². The summed E-state index contributed by atoms with van der Waals surface area (Å²) in [6.07, 6.45) is 13.1. The second-order valence-electron chi connectivity index (χ2n) is 5.43. The van der Waals surface area contributed by atoms with Crippen molar-refractivity contribution >= 4 is 20.2 Å². The Hall–Kier alpha value is 0.500. The minimum atomic E-state index is -2.80. The van der Waals surface area contributed by atoms with Gasteiger partial charge in [-0.3, -0.25) is 4.57 Å². The Kier molecular flexibility index (Phi) is 15.8. The molecule has 0 saturated heterocycles. The fourth-order valence-electron chi connectivity index (χ4n) is 2.39. The molecule has 0 rings (SSSR count). The zero-order valence-electron chi connectivity index (χ0n) is 14.0. The summed E-state index contributed by atoms with van der Waals surface area (Å²) in [5.74, 6) is 1.02.